The van der Waals surface area contributed by atoms with Gasteiger partial charge in [-0.2, -0.15) is 0 Å². The highest BCUT2D eigenvalue weighted by molar-refractivity contribution is 6.21. The molecule has 0 N–H and O–H groups in total. The number of amides is 3. The minimum absolute atomic E-state index is 0.0485. The van der Waals surface area contributed by atoms with E-state index >= 15 is 0 Å². The van der Waals surface area contributed by atoms with Crippen LogP contribution in [0.3, 0.4) is 0 Å². The Hall–Kier alpha value is -5.44. The zero-order chi connectivity index (χ0) is 28.8. The fourth-order valence-electron chi connectivity index (χ4n) is 5.72. The fraction of sp³-hybridized carbons (Fsp3) is 0.152. The highest BCUT2D eigenvalue weighted by Gasteiger charge is 2.39. The third-order valence-corrected chi connectivity index (χ3v) is 7.81. The molecule has 2 aliphatic heterocycles. The second-order valence-corrected chi connectivity index (χ2v) is 10.2. The third-order valence-electron chi connectivity index (χ3n) is 7.81. The van der Waals surface area contributed by atoms with Crippen LogP contribution in [0.15, 0.2) is 91.0 Å². The lowest BCUT2D eigenvalue weighted by Gasteiger charge is -2.21. The van der Waals surface area contributed by atoms with Crippen LogP contribution in [0.5, 0.6) is 5.75 Å². The highest BCUT2D eigenvalue weighted by Crippen LogP contribution is 2.44. The molecule has 42 heavy (non-hydrogen) atoms. The molecule has 4 aromatic rings. The van der Waals surface area contributed by atoms with E-state index < -0.39 is 23.9 Å². The average Bonchev–Trinajstić information content (AvgIpc) is 3.34. The summed E-state index contributed by atoms with van der Waals surface area (Å²) >= 11 is 0. The van der Waals surface area contributed by atoms with Crippen LogP contribution < -0.4 is 4.74 Å². The number of hydrogen-bond acceptors (Lipinski definition) is 7. The minimum Gasteiger partial charge on any atom is -0.491 e. The summed E-state index contributed by atoms with van der Waals surface area (Å²) in [7, 11) is 0. The molecule has 9 nitrogen and oxygen atoms in total. The van der Waals surface area contributed by atoms with Crippen molar-refractivity contribution in [2.24, 2.45) is 0 Å². The molecule has 0 bridgehead atoms. The van der Waals surface area contributed by atoms with Crippen molar-refractivity contribution in [3.05, 3.63) is 124 Å². The van der Waals surface area contributed by atoms with E-state index in [1.165, 1.54) is 24.3 Å². The number of ether oxygens (including phenoxy) is 2. The van der Waals surface area contributed by atoms with Crippen LogP contribution in [0.25, 0.3) is 11.1 Å². The van der Waals surface area contributed by atoms with Gasteiger partial charge in [0, 0.05) is 11.5 Å². The fourth-order valence-corrected chi connectivity index (χ4v) is 5.72. The molecule has 0 atom stereocenters. The Morgan fingerprint density at radius 2 is 1.38 bits per heavy atom. The van der Waals surface area contributed by atoms with Gasteiger partial charge in [-0.3, -0.25) is 9.59 Å². The number of hydroxylamine groups is 2. The summed E-state index contributed by atoms with van der Waals surface area (Å²) in [6, 6.07) is 27.2. The quantitative estimate of drug-likeness (QED) is 0.316. The number of fused-ring (bicyclic) bond motifs is 5. The summed E-state index contributed by atoms with van der Waals surface area (Å²) < 4.78 is 11.7. The number of nitrogens with zero attached hydrogens (tertiary/aromatic N) is 2. The lowest BCUT2D eigenvalue weighted by atomic mass is 9.98. The van der Waals surface area contributed by atoms with Gasteiger partial charge in [0.1, 0.15) is 19.0 Å². The van der Waals surface area contributed by atoms with Crippen LogP contribution in [-0.2, 0) is 16.1 Å². The maximum absolute atomic E-state index is 13.2. The van der Waals surface area contributed by atoms with Gasteiger partial charge in [-0.1, -0.05) is 71.8 Å². The minimum atomic E-state index is -0.881. The molecule has 208 valence electrons. The Labute approximate surface area is 240 Å². The standard InChI is InChI=1S/C33H24N2O7/c36-30-26-11-5-6-12-27(26)31(37)35(30)42-32(38)20-13-14-21-18-34(15-16-40-29(21)17-20)33(39)41-19-28-24-9-3-1-7-22(24)23-8-2-4-10-25(23)28/h1-14,17,28H,15-16,18-19H2. The first-order valence-electron chi connectivity index (χ1n) is 13.6. The molecule has 3 aliphatic rings. The largest absolute Gasteiger partial charge is 0.491 e. The first kappa shape index (κ1) is 25.5. The van der Waals surface area contributed by atoms with Gasteiger partial charge in [-0.15, -0.1) is 0 Å². The third kappa shape index (κ3) is 4.26. The number of benzene rings is 4. The second kappa shape index (κ2) is 10.2. The first-order chi connectivity index (χ1) is 20.5. The Balaban J connectivity index is 1.02. The van der Waals surface area contributed by atoms with Crippen molar-refractivity contribution < 1.29 is 33.5 Å². The van der Waals surface area contributed by atoms with Crippen molar-refractivity contribution in [2.75, 3.05) is 19.8 Å². The molecule has 0 fully saturated rings. The van der Waals surface area contributed by atoms with Crippen molar-refractivity contribution >= 4 is 23.9 Å². The number of carbonyl (C=O) groups is 4. The molecule has 7 rings (SSSR count). The van der Waals surface area contributed by atoms with Crippen molar-refractivity contribution in [1.82, 2.24) is 9.96 Å². The van der Waals surface area contributed by atoms with Crippen molar-refractivity contribution in [3.63, 3.8) is 0 Å². The lowest BCUT2D eigenvalue weighted by Crippen LogP contribution is -2.33. The van der Waals surface area contributed by atoms with E-state index in [4.69, 9.17) is 14.3 Å². The van der Waals surface area contributed by atoms with Crippen LogP contribution in [0.1, 0.15) is 53.7 Å². The van der Waals surface area contributed by atoms with Gasteiger partial charge in [0.2, 0.25) is 0 Å². The molecule has 0 aromatic heterocycles. The van der Waals surface area contributed by atoms with Gasteiger partial charge < -0.3 is 19.2 Å². The molecule has 4 aromatic carbocycles. The molecule has 0 saturated carbocycles. The Bertz CT molecular complexity index is 1700. The van der Waals surface area contributed by atoms with Gasteiger partial charge in [0.15, 0.2) is 0 Å². The van der Waals surface area contributed by atoms with E-state index in [-0.39, 0.29) is 42.4 Å². The molecule has 0 saturated heterocycles. The van der Waals surface area contributed by atoms with Crippen LogP contribution >= 0.6 is 0 Å². The molecule has 1 aliphatic carbocycles. The second-order valence-electron chi connectivity index (χ2n) is 10.2. The van der Waals surface area contributed by atoms with Crippen LogP contribution in [0, 0.1) is 0 Å². The first-order valence-corrected chi connectivity index (χ1v) is 13.6. The Morgan fingerprint density at radius 1 is 0.786 bits per heavy atom. The lowest BCUT2D eigenvalue weighted by molar-refractivity contribution is -0.0584. The summed E-state index contributed by atoms with van der Waals surface area (Å²) in [5, 5.41) is 0.471. The predicted octanol–water partition coefficient (Wildman–Crippen LogP) is 5.20. The maximum Gasteiger partial charge on any atom is 0.410 e. The summed E-state index contributed by atoms with van der Waals surface area (Å²) in [4.78, 5) is 57.9. The van der Waals surface area contributed by atoms with Gasteiger partial charge in [-0.25, -0.2) is 9.59 Å². The van der Waals surface area contributed by atoms with E-state index in [2.05, 4.69) is 24.3 Å². The number of carbonyl (C=O) groups excluding carboxylic acids is 4. The van der Waals surface area contributed by atoms with Crippen LogP contribution in [0.4, 0.5) is 4.79 Å². The number of hydrogen-bond donors (Lipinski definition) is 0. The van der Waals surface area contributed by atoms with E-state index in [0.717, 1.165) is 22.3 Å². The monoisotopic (exact) mass is 560 g/mol. The van der Waals surface area contributed by atoms with Crippen LogP contribution in [-0.4, -0.2) is 53.6 Å². The molecule has 0 unspecified atom stereocenters. The van der Waals surface area contributed by atoms with Gasteiger partial charge in [-0.05, 0) is 46.5 Å². The van der Waals surface area contributed by atoms with E-state index in [0.29, 0.717) is 22.9 Å². The highest BCUT2D eigenvalue weighted by atomic mass is 16.7. The van der Waals surface area contributed by atoms with Gasteiger partial charge in [0.05, 0.1) is 29.8 Å². The zero-order valence-corrected chi connectivity index (χ0v) is 22.3. The molecular formula is C33H24N2O7. The predicted molar refractivity (Wildman–Crippen MR) is 150 cm³/mol. The van der Waals surface area contributed by atoms with Gasteiger partial charge >= 0.3 is 12.1 Å². The Morgan fingerprint density at radius 3 is 2.02 bits per heavy atom. The SMILES string of the molecule is O=C(ON1C(=O)c2ccccc2C1=O)c1ccc2c(c1)OCCN(C(=O)OCC1c3ccccc3-c3ccccc31)C2. The molecule has 2 heterocycles. The molecular weight excluding hydrogens is 536 g/mol. The van der Waals surface area contributed by atoms with Gasteiger partial charge in [0.25, 0.3) is 11.8 Å². The van der Waals surface area contributed by atoms with Crippen molar-refractivity contribution in [1.29, 1.82) is 0 Å². The molecule has 3 amide bonds. The van der Waals surface area contributed by atoms with Crippen molar-refractivity contribution in [2.45, 2.75) is 12.5 Å². The molecule has 9 heteroatoms. The molecule has 0 radical (unpaired) electrons. The van der Waals surface area contributed by atoms with E-state index in [9.17, 15) is 19.2 Å². The Kier molecular flexibility index (Phi) is 6.19. The van der Waals surface area contributed by atoms with Crippen LogP contribution in [0.2, 0.25) is 0 Å². The maximum atomic E-state index is 13.2. The van der Waals surface area contributed by atoms with Crippen molar-refractivity contribution in [3.8, 4) is 16.9 Å². The normalized spacial score (nSPS) is 15.2. The topological polar surface area (TPSA) is 102 Å². The summed E-state index contributed by atoms with van der Waals surface area (Å²) in [5.41, 5.74) is 5.71. The average molecular weight is 561 g/mol. The summed E-state index contributed by atoms with van der Waals surface area (Å²) in [6.45, 7) is 0.910. The summed E-state index contributed by atoms with van der Waals surface area (Å²) in [5.74, 6) is -1.93. The van der Waals surface area contributed by atoms with E-state index in [1.807, 2.05) is 24.3 Å². The number of rotatable bonds is 4. The van der Waals surface area contributed by atoms with E-state index in [1.54, 1.807) is 23.1 Å². The molecule has 0 spiro atoms. The smallest absolute Gasteiger partial charge is 0.410 e. The number of imide groups is 1. The zero-order valence-electron chi connectivity index (χ0n) is 22.3. The summed E-state index contributed by atoms with van der Waals surface area (Å²) in [6.07, 6.45) is -0.456.